The van der Waals surface area contributed by atoms with Crippen LogP contribution in [0.25, 0.3) is 0 Å². The molecule has 0 amide bonds. The standard InChI is InChI=1S/C17H21NO3/c1-12-4-3-5-14(8-12)16(20)11-18-10-13-6-7-17(21-2)15(19)9-13/h3-9,16,18-20H,10-11H2,1-2H3. The van der Waals surface area contributed by atoms with Crippen molar-refractivity contribution < 1.29 is 14.9 Å². The fraction of sp³-hybridized carbons (Fsp3) is 0.294. The van der Waals surface area contributed by atoms with Crippen molar-refractivity contribution in [2.75, 3.05) is 13.7 Å². The number of aryl methyl sites for hydroxylation is 1. The van der Waals surface area contributed by atoms with Gasteiger partial charge in [0.1, 0.15) is 0 Å². The Kier molecular flexibility index (Phi) is 5.20. The summed E-state index contributed by atoms with van der Waals surface area (Å²) in [7, 11) is 1.52. The minimum atomic E-state index is -0.545. The second kappa shape index (κ2) is 7.11. The molecule has 0 heterocycles. The average molecular weight is 287 g/mol. The molecule has 1 atom stereocenters. The summed E-state index contributed by atoms with van der Waals surface area (Å²) in [6.45, 7) is 3.03. The van der Waals surface area contributed by atoms with Crippen LogP contribution in [0.2, 0.25) is 0 Å². The highest BCUT2D eigenvalue weighted by molar-refractivity contribution is 5.41. The lowest BCUT2D eigenvalue weighted by atomic mass is 10.1. The highest BCUT2D eigenvalue weighted by atomic mass is 16.5. The maximum Gasteiger partial charge on any atom is 0.160 e. The smallest absolute Gasteiger partial charge is 0.160 e. The number of hydrogen-bond acceptors (Lipinski definition) is 4. The lowest BCUT2D eigenvalue weighted by Crippen LogP contribution is -2.21. The SMILES string of the molecule is COc1ccc(CNCC(O)c2cccc(C)c2)cc1O. The highest BCUT2D eigenvalue weighted by Gasteiger charge is 2.07. The molecule has 0 aliphatic heterocycles. The molecule has 2 aromatic carbocycles. The quantitative estimate of drug-likeness (QED) is 0.764. The molecule has 3 N–H and O–H groups in total. The Morgan fingerprint density at radius 3 is 2.67 bits per heavy atom. The van der Waals surface area contributed by atoms with Gasteiger partial charge in [-0.2, -0.15) is 0 Å². The zero-order valence-corrected chi connectivity index (χ0v) is 12.3. The number of methoxy groups -OCH3 is 1. The summed E-state index contributed by atoms with van der Waals surface area (Å²) in [4.78, 5) is 0. The van der Waals surface area contributed by atoms with E-state index in [0.717, 1.165) is 16.7 Å². The topological polar surface area (TPSA) is 61.7 Å². The molecule has 21 heavy (non-hydrogen) atoms. The van der Waals surface area contributed by atoms with Crippen LogP contribution in [0.1, 0.15) is 22.8 Å². The van der Waals surface area contributed by atoms with Crippen molar-refractivity contribution in [1.29, 1.82) is 0 Å². The van der Waals surface area contributed by atoms with Crippen LogP contribution in [0.5, 0.6) is 11.5 Å². The molecule has 4 heteroatoms. The molecule has 0 spiro atoms. The van der Waals surface area contributed by atoms with Gasteiger partial charge in [-0.15, -0.1) is 0 Å². The molecule has 112 valence electrons. The van der Waals surface area contributed by atoms with Gasteiger partial charge in [-0.25, -0.2) is 0 Å². The van der Waals surface area contributed by atoms with Gasteiger partial charge in [0.15, 0.2) is 11.5 Å². The number of benzene rings is 2. The van der Waals surface area contributed by atoms with Crippen molar-refractivity contribution in [3.05, 3.63) is 59.2 Å². The second-order valence-electron chi connectivity index (χ2n) is 5.07. The van der Waals surface area contributed by atoms with Crippen LogP contribution in [0.3, 0.4) is 0 Å². The maximum absolute atomic E-state index is 10.1. The van der Waals surface area contributed by atoms with E-state index in [9.17, 15) is 10.2 Å². The molecule has 0 bridgehead atoms. The van der Waals surface area contributed by atoms with Gasteiger partial charge in [-0.3, -0.25) is 0 Å². The van der Waals surface area contributed by atoms with Gasteiger partial charge in [0.2, 0.25) is 0 Å². The highest BCUT2D eigenvalue weighted by Crippen LogP contribution is 2.26. The summed E-state index contributed by atoms with van der Waals surface area (Å²) in [5, 5.41) is 23.0. The number of phenols is 1. The third-order valence-electron chi connectivity index (χ3n) is 3.34. The minimum absolute atomic E-state index is 0.121. The summed E-state index contributed by atoms with van der Waals surface area (Å²) < 4.78 is 5.00. The third kappa shape index (κ3) is 4.21. The summed E-state index contributed by atoms with van der Waals surface area (Å²) in [5.41, 5.74) is 2.97. The van der Waals surface area contributed by atoms with Crippen LogP contribution >= 0.6 is 0 Å². The van der Waals surface area contributed by atoms with Gasteiger partial charge in [0.25, 0.3) is 0 Å². The normalized spacial score (nSPS) is 12.1. The fourth-order valence-corrected chi connectivity index (χ4v) is 2.19. The minimum Gasteiger partial charge on any atom is -0.504 e. The largest absolute Gasteiger partial charge is 0.504 e. The Morgan fingerprint density at radius 1 is 1.19 bits per heavy atom. The van der Waals surface area contributed by atoms with E-state index < -0.39 is 6.10 Å². The van der Waals surface area contributed by atoms with Crippen LogP contribution in [-0.2, 0) is 6.54 Å². The lowest BCUT2D eigenvalue weighted by Gasteiger charge is -2.13. The van der Waals surface area contributed by atoms with E-state index in [1.165, 1.54) is 7.11 Å². The van der Waals surface area contributed by atoms with E-state index in [0.29, 0.717) is 18.8 Å². The molecule has 2 aromatic rings. The fourth-order valence-electron chi connectivity index (χ4n) is 2.19. The van der Waals surface area contributed by atoms with Crippen molar-refractivity contribution in [2.45, 2.75) is 19.6 Å². The Labute approximate surface area is 125 Å². The van der Waals surface area contributed by atoms with Gasteiger partial charge >= 0.3 is 0 Å². The Bertz CT molecular complexity index is 598. The van der Waals surface area contributed by atoms with Crippen molar-refractivity contribution in [3.63, 3.8) is 0 Å². The van der Waals surface area contributed by atoms with E-state index in [4.69, 9.17) is 4.74 Å². The first kappa shape index (κ1) is 15.4. The van der Waals surface area contributed by atoms with Crippen LogP contribution in [0, 0.1) is 6.92 Å². The number of nitrogens with one attached hydrogen (secondary N) is 1. The second-order valence-corrected chi connectivity index (χ2v) is 5.07. The number of rotatable bonds is 6. The molecule has 0 aliphatic rings. The maximum atomic E-state index is 10.1. The molecule has 0 saturated heterocycles. The molecule has 2 rings (SSSR count). The van der Waals surface area contributed by atoms with Crippen LogP contribution < -0.4 is 10.1 Å². The van der Waals surface area contributed by atoms with E-state index in [1.54, 1.807) is 12.1 Å². The number of aliphatic hydroxyl groups excluding tert-OH is 1. The van der Waals surface area contributed by atoms with E-state index in [2.05, 4.69) is 5.32 Å². The Morgan fingerprint density at radius 2 is 2.00 bits per heavy atom. The third-order valence-corrected chi connectivity index (χ3v) is 3.34. The van der Waals surface area contributed by atoms with Gasteiger partial charge in [-0.05, 0) is 30.2 Å². The van der Waals surface area contributed by atoms with Crippen LogP contribution in [0.15, 0.2) is 42.5 Å². The first-order valence-electron chi connectivity index (χ1n) is 6.91. The van der Waals surface area contributed by atoms with Crippen molar-refractivity contribution >= 4 is 0 Å². The van der Waals surface area contributed by atoms with Crippen LogP contribution in [0.4, 0.5) is 0 Å². The van der Waals surface area contributed by atoms with E-state index in [-0.39, 0.29) is 5.75 Å². The number of aromatic hydroxyl groups is 1. The van der Waals surface area contributed by atoms with Crippen molar-refractivity contribution in [1.82, 2.24) is 5.32 Å². The Hall–Kier alpha value is -2.04. The molecule has 0 aromatic heterocycles. The molecule has 1 unspecified atom stereocenters. The average Bonchev–Trinajstić information content (AvgIpc) is 2.47. The van der Waals surface area contributed by atoms with Crippen molar-refractivity contribution in [3.8, 4) is 11.5 Å². The summed E-state index contributed by atoms with van der Waals surface area (Å²) in [5.74, 6) is 0.578. The Balaban J connectivity index is 1.88. The van der Waals surface area contributed by atoms with E-state index in [1.807, 2.05) is 37.3 Å². The number of aliphatic hydroxyl groups is 1. The predicted molar refractivity (Wildman–Crippen MR) is 82.5 cm³/mol. The first-order chi connectivity index (χ1) is 10.1. The molecule has 4 nitrogen and oxygen atoms in total. The zero-order valence-electron chi connectivity index (χ0n) is 12.3. The van der Waals surface area contributed by atoms with Gasteiger partial charge in [-0.1, -0.05) is 35.9 Å². The lowest BCUT2D eigenvalue weighted by molar-refractivity contribution is 0.174. The van der Waals surface area contributed by atoms with Crippen LogP contribution in [-0.4, -0.2) is 23.9 Å². The number of hydrogen-bond donors (Lipinski definition) is 3. The number of phenolic OH excluding ortho intramolecular Hbond substituents is 1. The van der Waals surface area contributed by atoms with Gasteiger partial charge in [0, 0.05) is 13.1 Å². The number of ether oxygens (including phenoxy) is 1. The van der Waals surface area contributed by atoms with Crippen molar-refractivity contribution in [2.24, 2.45) is 0 Å². The zero-order chi connectivity index (χ0) is 15.2. The predicted octanol–water partition coefficient (Wildman–Crippen LogP) is 2.53. The molecule has 0 aliphatic carbocycles. The summed E-state index contributed by atoms with van der Waals surface area (Å²) >= 11 is 0. The van der Waals surface area contributed by atoms with Gasteiger partial charge < -0.3 is 20.3 Å². The van der Waals surface area contributed by atoms with E-state index >= 15 is 0 Å². The molecular formula is C17H21NO3. The molecule has 0 fully saturated rings. The summed E-state index contributed by atoms with van der Waals surface area (Å²) in [6.07, 6.45) is -0.545. The van der Waals surface area contributed by atoms with Gasteiger partial charge in [0.05, 0.1) is 13.2 Å². The molecule has 0 saturated carbocycles. The molecule has 0 radical (unpaired) electrons. The monoisotopic (exact) mass is 287 g/mol. The summed E-state index contributed by atoms with van der Waals surface area (Å²) in [6, 6.07) is 13.1. The molecular weight excluding hydrogens is 266 g/mol. The first-order valence-corrected chi connectivity index (χ1v) is 6.91.